The Bertz CT molecular complexity index is 298. The highest BCUT2D eigenvalue weighted by Gasteiger charge is 2.00. The third-order valence-electron chi connectivity index (χ3n) is 1.26. The molecule has 0 aliphatic carbocycles. The van der Waals surface area contributed by atoms with Crippen LogP contribution < -0.4 is 0 Å². The SMILES string of the molecule is CC.Cc1cn2nc(C)sc2n1. The van der Waals surface area contributed by atoms with Gasteiger partial charge in [-0.3, -0.25) is 0 Å². The molecule has 0 unspecified atom stereocenters. The van der Waals surface area contributed by atoms with E-state index < -0.39 is 0 Å². The molecule has 0 atom stereocenters. The predicted octanol–water partition coefficient (Wildman–Crippen LogP) is 2.43. The molecule has 4 heteroatoms. The van der Waals surface area contributed by atoms with Gasteiger partial charge in [-0.1, -0.05) is 25.2 Å². The summed E-state index contributed by atoms with van der Waals surface area (Å²) in [6.07, 6.45) is 1.93. The van der Waals surface area contributed by atoms with Crippen LogP contribution in [0.4, 0.5) is 0 Å². The zero-order chi connectivity index (χ0) is 9.14. The van der Waals surface area contributed by atoms with Crippen molar-refractivity contribution in [2.75, 3.05) is 0 Å². The molecular formula is C8H13N3S. The fraction of sp³-hybridized carbons (Fsp3) is 0.500. The second kappa shape index (κ2) is 3.67. The summed E-state index contributed by atoms with van der Waals surface area (Å²) in [6, 6.07) is 0. The minimum absolute atomic E-state index is 0.981. The van der Waals surface area contributed by atoms with Gasteiger partial charge in [0.25, 0.3) is 0 Å². The van der Waals surface area contributed by atoms with Crippen molar-refractivity contribution in [3.05, 3.63) is 16.9 Å². The van der Waals surface area contributed by atoms with Crippen molar-refractivity contribution in [2.24, 2.45) is 0 Å². The van der Waals surface area contributed by atoms with Gasteiger partial charge in [0.05, 0.1) is 11.9 Å². The highest BCUT2D eigenvalue weighted by Crippen LogP contribution is 2.12. The van der Waals surface area contributed by atoms with E-state index in [1.54, 1.807) is 11.3 Å². The van der Waals surface area contributed by atoms with Crippen molar-refractivity contribution >= 4 is 16.3 Å². The smallest absolute Gasteiger partial charge is 0.212 e. The normalized spacial score (nSPS) is 9.67. The summed E-state index contributed by atoms with van der Waals surface area (Å²) < 4.78 is 1.81. The average molecular weight is 183 g/mol. The predicted molar refractivity (Wildman–Crippen MR) is 51.7 cm³/mol. The summed E-state index contributed by atoms with van der Waals surface area (Å²) in [5, 5.41) is 5.26. The molecule has 2 aromatic heterocycles. The van der Waals surface area contributed by atoms with E-state index in [1.807, 2.05) is 38.4 Å². The first-order valence-electron chi connectivity index (χ1n) is 4.05. The molecular weight excluding hydrogens is 170 g/mol. The minimum atomic E-state index is 0.981. The number of aryl methyl sites for hydroxylation is 2. The summed E-state index contributed by atoms with van der Waals surface area (Å²) in [4.78, 5) is 5.23. The summed E-state index contributed by atoms with van der Waals surface area (Å²) in [5.41, 5.74) is 1.03. The number of nitrogens with zero attached hydrogens (tertiary/aromatic N) is 3. The van der Waals surface area contributed by atoms with E-state index in [0.717, 1.165) is 15.7 Å². The molecule has 0 aromatic carbocycles. The van der Waals surface area contributed by atoms with Crippen LogP contribution in [-0.2, 0) is 0 Å². The Labute approximate surface area is 76.1 Å². The van der Waals surface area contributed by atoms with Gasteiger partial charge in [0.1, 0.15) is 5.01 Å². The highest BCUT2D eigenvalue weighted by molar-refractivity contribution is 7.16. The van der Waals surface area contributed by atoms with E-state index in [2.05, 4.69) is 10.1 Å². The molecule has 3 nitrogen and oxygen atoms in total. The molecule has 0 amide bonds. The lowest BCUT2D eigenvalue weighted by atomic mass is 10.6. The van der Waals surface area contributed by atoms with Crippen LogP contribution >= 0.6 is 11.3 Å². The molecule has 0 spiro atoms. The van der Waals surface area contributed by atoms with E-state index in [4.69, 9.17) is 0 Å². The maximum absolute atomic E-state index is 4.25. The molecule has 66 valence electrons. The molecule has 0 bridgehead atoms. The van der Waals surface area contributed by atoms with Crippen molar-refractivity contribution in [3.8, 4) is 0 Å². The summed E-state index contributed by atoms with van der Waals surface area (Å²) in [7, 11) is 0. The Morgan fingerprint density at radius 1 is 1.33 bits per heavy atom. The van der Waals surface area contributed by atoms with Crippen LogP contribution in [0.3, 0.4) is 0 Å². The molecule has 2 aromatic rings. The molecule has 0 radical (unpaired) electrons. The number of imidazole rings is 1. The van der Waals surface area contributed by atoms with Crippen LogP contribution in [0.1, 0.15) is 24.5 Å². The maximum Gasteiger partial charge on any atom is 0.212 e. The van der Waals surface area contributed by atoms with Crippen molar-refractivity contribution in [1.82, 2.24) is 14.6 Å². The number of hydrogen-bond donors (Lipinski definition) is 0. The standard InChI is InChI=1S/C6H7N3S.C2H6/c1-4-3-9-6(7-4)10-5(2)8-9;1-2/h3H,1-2H3;1-2H3. The number of hydrogen-bond acceptors (Lipinski definition) is 3. The van der Waals surface area contributed by atoms with Gasteiger partial charge in [-0.05, 0) is 13.8 Å². The monoisotopic (exact) mass is 183 g/mol. The second-order valence-electron chi connectivity index (χ2n) is 2.23. The zero-order valence-corrected chi connectivity index (χ0v) is 8.64. The van der Waals surface area contributed by atoms with Gasteiger partial charge in [0.15, 0.2) is 0 Å². The number of aromatic nitrogens is 3. The summed E-state index contributed by atoms with van der Waals surface area (Å²) in [5.74, 6) is 0. The zero-order valence-electron chi connectivity index (χ0n) is 7.83. The Kier molecular flexibility index (Phi) is 2.81. The van der Waals surface area contributed by atoms with Gasteiger partial charge in [0, 0.05) is 0 Å². The van der Waals surface area contributed by atoms with Gasteiger partial charge >= 0.3 is 0 Å². The van der Waals surface area contributed by atoms with Gasteiger partial charge < -0.3 is 0 Å². The topological polar surface area (TPSA) is 30.2 Å². The first-order valence-corrected chi connectivity index (χ1v) is 4.87. The van der Waals surface area contributed by atoms with E-state index in [-0.39, 0.29) is 0 Å². The average Bonchev–Trinajstić information content (AvgIpc) is 2.48. The molecule has 2 rings (SSSR count). The number of fused-ring (bicyclic) bond motifs is 1. The Balaban J connectivity index is 0.000000336. The molecule has 0 N–H and O–H groups in total. The van der Waals surface area contributed by atoms with Crippen LogP contribution in [0.15, 0.2) is 6.20 Å². The Morgan fingerprint density at radius 3 is 2.58 bits per heavy atom. The fourth-order valence-electron chi connectivity index (χ4n) is 0.909. The Hall–Kier alpha value is -0.900. The summed E-state index contributed by atoms with van der Waals surface area (Å²) in [6.45, 7) is 7.95. The lowest BCUT2D eigenvalue weighted by Gasteiger charge is -1.74. The van der Waals surface area contributed by atoms with Crippen LogP contribution in [0.5, 0.6) is 0 Å². The molecule has 0 aliphatic heterocycles. The van der Waals surface area contributed by atoms with Crippen molar-refractivity contribution in [3.63, 3.8) is 0 Å². The van der Waals surface area contributed by atoms with E-state index >= 15 is 0 Å². The molecule has 0 saturated heterocycles. The van der Waals surface area contributed by atoms with Crippen LogP contribution in [-0.4, -0.2) is 14.6 Å². The molecule has 0 fully saturated rings. The third kappa shape index (κ3) is 1.64. The van der Waals surface area contributed by atoms with E-state index in [0.29, 0.717) is 0 Å². The number of rotatable bonds is 0. The molecule has 12 heavy (non-hydrogen) atoms. The lowest BCUT2D eigenvalue weighted by Crippen LogP contribution is -1.79. The van der Waals surface area contributed by atoms with Crippen LogP contribution in [0.2, 0.25) is 0 Å². The van der Waals surface area contributed by atoms with Gasteiger partial charge in [0.2, 0.25) is 4.96 Å². The van der Waals surface area contributed by atoms with Gasteiger partial charge in [-0.15, -0.1) is 0 Å². The molecule has 2 heterocycles. The first kappa shape index (κ1) is 9.19. The molecule has 0 aliphatic rings. The highest BCUT2D eigenvalue weighted by atomic mass is 32.1. The van der Waals surface area contributed by atoms with Crippen molar-refractivity contribution in [1.29, 1.82) is 0 Å². The van der Waals surface area contributed by atoms with E-state index in [9.17, 15) is 0 Å². The first-order chi connectivity index (χ1) is 5.75. The summed E-state index contributed by atoms with van der Waals surface area (Å²) >= 11 is 1.61. The molecule has 0 saturated carbocycles. The largest absolute Gasteiger partial charge is 0.223 e. The fourth-order valence-corrected chi connectivity index (χ4v) is 1.68. The minimum Gasteiger partial charge on any atom is -0.223 e. The third-order valence-corrected chi connectivity index (χ3v) is 2.10. The van der Waals surface area contributed by atoms with Crippen LogP contribution in [0, 0.1) is 13.8 Å². The Morgan fingerprint density at radius 2 is 2.00 bits per heavy atom. The van der Waals surface area contributed by atoms with Crippen LogP contribution in [0.25, 0.3) is 4.96 Å². The van der Waals surface area contributed by atoms with E-state index in [1.165, 1.54) is 0 Å². The second-order valence-corrected chi connectivity index (χ2v) is 3.39. The maximum atomic E-state index is 4.25. The van der Waals surface area contributed by atoms with Gasteiger partial charge in [-0.2, -0.15) is 5.10 Å². The van der Waals surface area contributed by atoms with Crippen molar-refractivity contribution in [2.45, 2.75) is 27.7 Å². The quantitative estimate of drug-likeness (QED) is 0.628. The van der Waals surface area contributed by atoms with Gasteiger partial charge in [-0.25, -0.2) is 9.50 Å². The lowest BCUT2D eigenvalue weighted by molar-refractivity contribution is 0.944. The van der Waals surface area contributed by atoms with Crippen molar-refractivity contribution < 1.29 is 0 Å².